The molecule has 1 fully saturated rings. The number of rotatable bonds is 5. The molecule has 1 atom stereocenters. The number of amides is 1. The van der Waals surface area contributed by atoms with Gasteiger partial charge >= 0.3 is 0 Å². The number of fused-ring (bicyclic) bond motifs is 1. The smallest absolute Gasteiger partial charge is 0.248 e. The predicted octanol–water partition coefficient (Wildman–Crippen LogP) is 3.75. The van der Waals surface area contributed by atoms with Gasteiger partial charge in [-0.05, 0) is 56.5 Å². The first kappa shape index (κ1) is 19.8. The lowest BCUT2D eigenvalue weighted by Gasteiger charge is -2.14. The van der Waals surface area contributed by atoms with Crippen molar-refractivity contribution in [3.05, 3.63) is 59.2 Å². The number of aromatic nitrogens is 3. The van der Waals surface area contributed by atoms with Crippen molar-refractivity contribution < 1.29 is 9.53 Å². The van der Waals surface area contributed by atoms with Gasteiger partial charge in [0.2, 0.25) is 5.91 Å². The molecule has 1 saturated heterocycles. The lowest BCUT2D eigenvalue weighted by atomic mass is 10.1. The average Bonchev–Trinajstić information content (AvgIpc) is 3.34. The van der Waals surface area contributed by atoms with Crippen molar-refractivity contribution >= 4 is 28.7 Å². The standard InChI is InChI=1S/C23H23N5O2/c1-15-11-16(2)26-23-22(15)19(12-24)20(28(23)14-18-6-4-10-30-18)7-8-21(29)27-17-5-3-9-25-13-17/h3,5,7-9,11,13,18H,4,6,10,14H2,1-2H3,(H,27,29)/b8-7+. The molecule has 1 aliphatic rings. The first-order valence-electron chi connectivity index (χ1n) is 9.98. The Bertz CT molecular complexity index is 1150. The number of nitrogens with one attached hydrogen (secondary N) is 1. The number of anilines is 1. The van der Waals surface area contributed by atoms with E-state index in [0.717, 1.165) is 41.7 Å². The van der Waals surface area contributed by atoms with Crippen molar-refractivity contribution in [3.63, 3.8) is 0 Å². The Morgan fingerprint density at radius 1 is 1.47 bits per heavy atom. The molecule has 7 heteroatoms. The second-order valence-corrected chi connectivity index (χ2v) is 7.46. The molecule has 1 N–H and O–H groups in total. The number of carbonyl (C=O) groups excluding carboxylic acids is 1. The highest BCUT2D eigenvalue weighted by atomic mass is 16.5. The number of aryl methyl sites for hydroxylation is 2. The van der Waals surface area contributed by atoms with E-state index in [2.05, 4.69) is 16.4 Å². The molecule has 4 heterocycles. The molecule has 0 aromatic carbocycles. The Morgan fingerprint density at radius 3 is 3.03 bits per heavy atom. The molecular formula is C23H23N5O2. The Hall–Kier alpha value is -3.50. The van der Waals surface area contributed by atoms with Crippen molar-refractivity contribution in [1.82, 2.24) is 14.5 Å². The highest BCUT2D eigenvalue weighted by molar-refractivity contribution is 6.02. The fourth-order valence-electron chi connectivity index (χ4n) is 3.94. The number of nitriles is 1. The molecule has 1 unspecified atom stereocenters. The van der Waals surface area contributed by atoms with Gasteiger partial charge in [0.05, 0.1) is 35.8 Å². The topological polar surface area (TPSA) is 92.8 Å². The molecule has 7 nitrogen and oxygen atoms in total. The molecule has 1 aliphatic heterocycles. The Morgan fingerprint density at radius 2 is 2.33 bits per heavy atom. The van der Waals surface area contributed by atoms with Crippen LogP contribution in [0, 0.1) is 25.2 Å². The van der Waals surface area contributed by atoms with Crippen LogP contribution in [-0.4, -0.2) is 33.2 Å². The summed E-state index contributed by atoms with van der Waals surface area (Å²) in [7, 11) is 0. The summed E-state index contributed by atoms with van der Waals surface area (Å²) in [5.41, 5.74) is 4.45. The van der Waals surface area contributed by atoms with E-state index in [1.54, 1.807) is 30.6 Å². The van der Waals surface area contributed by atoms with Gasteiger partial charge in [-0.15, -0.1) is 0 Å². The average molecular weight is 401 g/mol. The molecule has 0 bridgehead atoms. The Kier molecular flexibility index (Phi) is 5.59. The van der Waals surface area contributed by atoms with Gasteiger partial charge in [0.15, 0.2) is 0 Å². The maximum absolute atomic E-state index is 12.4. The largest absolute Gasteiger partial charge is 0.376 e. The Balaban J connectivity index is 1.75. The molecule has 0 spiro atoms. The third kappa shape index (κ3) is 3.95. The number of hydrogen-bond donors (Lipinski definition) is 1. The molecule has 3 aromatic rings. The van der Waals surface area contributed by atoms with Crippen molar-refractivity contribution in [3.8, 4) is 6.07 Å². The molecule has 0 aliphatic carbocycles. The van der Waals surface area contributed by atoms with E-state index in [1.165, 1.54) is 6.08 Å². The molecule has 3 aromatic heterocycles. The summed E-state index contributed by atoms with van der Waals surface area (Å²) < 4.78 is 7.84. The fraction of sp³-hybridized carbons (Fsp3) is 0.304. The van der Waals surface area contributed by atoms with Crippen molar-refractivity contribution in [1.29, 1.82) is 5.26 Å². The molecule has 1 amide bonds. The summed E-state index contributed by atoms with van der Waals surface area (Å²) in [6, 6.07) is 7.82. The van der Waals surface area contributed by atoms with E-state index in [1.807, 2.05) is 24.5 Å². The third-order valence-electron chi connectivity index (χ3n) is 5.22. The van der Waals surface area contributed by atoms with Crippen LogP contribution < -0.4 is 5.32 Å². The molecular weight excluding hydrogens is 378 g/mol. The van der Waals surface area contributed by atoms with Crippen LogP contribution in [0.25, 0.3) is 17.1 Å². The fourth-order valence-corrected chi connectivity index (χ4v) is 3.94. The lowest BCUT2D eigenvalue weighted by Crippen LogP contribution is -2.16. The van der Waals surface area contributed by atoms with E-state index in [4.69, 9.17) is 9.72 Å². The second kappa shape index (κ2) is 8.47. The molecule has 152 valence electrons. The summed E-state index contributed by atoms with van der Waals surface area (Å²) in [6.07, 6.45) is 8.43. The zero-order valence-corrected chi connectivity index (χ0v) is 17.1. The van der Waals surface area contributed by atoms with Gasteiger partial charge in [-0.25, -0.2) is 4.98 Å². The summed E-state index contributed by atoms with van der Waals surface area (Å²) in [5, 5.41) is 13.5. The monoisotopic (exact) mass is 401 g/mol. The highest BCUT2D eigenvalue weighted by Crippen LogP contribution is 2.30. The summed E-state index contributed by atoms with van der Waals surface area (Å²) in [4.78, 5) is 21.1. The zero-order chi connectivity index (χ0) is 21.1. The van der Waals surface area contributed by atoms with Crippen molar-refractivity contribution in [2.75, 3.05) is 11.9 Å². The van der Waals surface area contributed by atoms with Gasteiger partial charge in [-0.2, -0.15) is 5.26 Å². The van der Waals surface area contributed by atoms with Crippen LogP contribution in [0.3, 0.4) is 0 Å². The minimum Gasteiger partial charge on any atom is -0.376 e. The van der Waals surface area contributed by atoms with Crippen molar-refractivity contribution in [2.24, 2.45) is 0 Å². The quantitative estimate of drug-likeness (QED) is 0.657. The molecule has 0 radical (unpaired) electrons. The van der Waals surface area contributed by atoms with Gasteiger partial charge in [-0.1, -0.05) is 0 Å². The normalized spacial score (nSPS) is 16.2. The van der Waals surface area contributed by atoms with Gasteiger partial charge < -0.3 is 14.6 Å². The number of ether oxygens (including phenoxy) is 1. The molecule has 0 saturated carbocycles. The first-order chi connectivity index (χ1) is 14.6. The van der Waals surface area contributed by atoms with Crippen LogP contribution in [0.15, 0.2) is 36.7 Å². The van der Waals surface area contributed by atoms with E-state index in [-0.39, 0.29) is 12.0 Å². The SMILES string of the molecule is Cc1cc(C)c2c(C#N)c(/C=C/C(=O)Nc3cccnc3)n(CC3CCCO3)c2n1. The third-order valence-corrected chi connectivity index (χ3v) is 5.22. The molecule has 30 heavy (non-hydrogen) atoms. The lowest BCUT2D eigenvalue weighted by molar-refractivity contribution is -0.111. The van der Waals surface area contributed by atoms with Crippen LogP contribution >= 0.6 is 0 Å². The van der Waals surface area contributed by atoms with Crippen LogP contribution in [0.4, 0.5) is 5.69 Å². The number of nitrogens with zero attached hydrogens (tertiary/aromatic N) is 4. The molecule has 4 rings (SSSR count). The minimum atomic E-state index is -0.290. The summed E-state index contributed by atoms with van der Waals surface area (Å²) in [5.74, 6) is -0.290. The first-order valence-corrected chi connectivity index (χ1v) is 9.98. The zero-order valence-electron chi connectivity index (χ0n) is 17.1. The van der Waals surface area contributed by atoms with Crippen LogP contribution in [-0.2, 0) is 16.1 Å². The second-order valence-electron chi connectivity index (χ2n) is 7.46. The number of hydrogen-bond acceptors (Lipinski definition) is 5. The number of pyridine rings is 2. The summed E-state index contributed by atoms with van der Waals surface area (Å²) in [6.45, 7) is 5.27. The highest BCUT2D eigenvalue weighted by Gasteiger charge is 2.23. The van der Waals surface area contributed by atoms with Gasteiger partial charge in [0.1, 0.15) is 11.7 Å². The van der Waals surface area contributed by atoms with Crippen LogP contribution in [0.5, 0.6) is 0 Å². The number of carbonyl (C=O) groups is 1. The van der Waals surface area contributed by atoms with Gasteiger partial charge in [-0.3, -0.25) is 9.78 Å². The van der Waals surface area contributed by atoms with Crippen LogP contribution in [0.2, 0.25) is 0 Å². The Labute approximate surface area is 175 Å². The maximum Gasteiger partial charge on any atom is 0.248 e. The van der Waals surface area contributed by atoms with E-state index in [0.29, 0.717) is 23.5 Å². The maximum atomic E-state index is 12.4. The van der Waals surface area contributed by atoms with E-state index >= 15 is 0 Å². The predicted molar refractivity (Wildman–Crippen MR) is 115 cm³/mol. The van der Waals surface area contributed by atoms with Crippen LogP contribution in [0.1, 0.15) is 35.4 Å². The summed E-state index contributed by atoms with van der Waals surface area (Å²) >= 11 is 0. The van der Waals surface area contributed by atoms with Gasteiger partial charge in [0.25, 0.3) is 0 Å². The van der Waals surface area contributed by atoms with Crippen molar-refractivity contribution in [2.45, 2.75) is 39.3 Å². The van der Waals surface area contributed by atoms with Gasteiger partial charge in [0, 0.05) is 30.0 Å². The minimum absolute atomic E-state index is 0.0751. The van der Waals surface area contributed by atoms with E-state index < -0.39 is 0 Å². The van der Waals surface area contributed by atoms with E-state index in [9.17, 15) is 10.1 Å².